The number of hydrogen-bond acceptors (Lipinski definition) is 7. The van der Waals surface area contributed by atoms with Crippen molar-refractivity contribution in [3.8, 4) is 5.88 Å². The molecule has 0 atom stereocenters. The Morgan fingerprint density at radius 1 is 1.33 bits per heavy atom. The molecule has 3 aromatic heterocycles. The lowest BCUT2D eigenvalue weighted by Gasteiger charge is -2.14. The first-order valence-electron chi connectivity index (χ1n) is 7.49. The molecule has 0 aliphatic carbocycles. The SMILES string of the molecule is COc1ccc2[nH]c(C(=N)c3c(N)ncnc3NC(C)C)cc2n1. The molecule has 3 heterocycles. The van der Waals surface area contributed by atoms with Crippen LogP contribution in [0.4, 0.5) is 11.6 Å². The number of methoxy groups -OCH3 is 1. The Kier molecular flexibility index (Phi) is 4.03. The molecule has 0 amide bonds. The summed E-state index contributed by atoms with van der Waals surface area (Å²) >= 11 is 0. The van der Waals surface area contributed by atoms with E-state index in [2.05, 4.69) is 25.3 Å². The Balaban J connectivity index is 2.06. The van der Waals surface area contributed by atoms with Crippen molar-refractivity contribution < 1.29 is 4.74 Å². The fourth-order valence-electron chi connectivity index (χ4n) is 2.40. The Morgan fingerprint density at radius 2 is 2.12 bits per heavy atom. The summed E-state index contributed by atoms with van der Waals surface area (Å²) in [6.45, 7) is 3.98. The van der Waals surface area contributed by atoms with Crippen LogP contribution < -0.4 is 15.8 Å². The predicted molar refractivity (Wildman–Crippen MR) is 93.8 cm³/mol. The molecule has 8 nitrogen and oxygen atoms in total. The van der Waals surface area contributed by atoms with Gasteiger partial charge in [0.2, 0.25) is 5.88 Å². The lowest BCUT2D eigenvalue weighted by molar-refractivity contribution is 0.399. The number of aromatic nitrogens is 4. The highest BCUT2D eigenvalue weighted by Gasteiger charge is 2.18. The highest BCUT2D eigenvalue weighted by molar-refractivity contribution is 6.16. The van der Waals surface area contributed by atoms with Gasteiger partial charge in [0.1, 0.15) is 18.0 Å². The number of nitrogens with two attached hydrogens (primary N) is 1. The third-order valence-electron chi connectivity index (χ3n) is 3.48. The van der Waals surface area contributed by atoms with Crippen molar-refractivity contribution in [2.45, 2.75) is 19.9 Å². The second-order valence-corrected chi connectivity index (χ2v) is 5.63. The van der Waals surface area contributed by atoms with E-state index in [1.807, 2.05) is 19.9 Å². The Hall–Kier alpha value is -3.16. The van der Waals surface area contributed by atoms with Crippen LogP contribution in [0.1, 0.15) is 25.1 Å². The summed E-state index contributed by atoms with van der Waals surface area (Å²) in [5.74, 6) is 1.30. The van der Waals surface area contributed by atoms with Gasteiger partial charge in [-0.1, -0.05) is 0 Å². The maximum Gasteiger partial charge on any atom is 0.213 e. The molecule has 8 heteroatoms. The van der Waals surface area contributed by atoms with Gasteiger partial charge in [-0.05, 0) is 26.0 Å². The summed E-state index contributed by atoms with van der Waals surface area (Å²) in [7, 11) is 1.57. The van der Waals surface area contributed by atoms with E-state index in [1.165, 1.54) is 6.33 Å². The second-order valence-electron chi connectivity index (χ2n) is 5.63. The average Bonchev–Trinajstić information content (AvgIpc) is 2.97. The van der Waals surface area contributed by atoms with Crippen molar-refractivity contribution in [3.05, 3.63) is 35.8 Å². The van der Waals surface area contributed by atoms with Crippen molar-refractivity contribution in [2.24, 2.45) is 0 Å². The van der Waals surface area contributed by atoms with E-state index < -0.39 is 0 Å². The molecule has 24 heavy (non-hydrogen) atoms. The van der Waals surface area contributed by atoms with Gasteiger partial charge in [-0.15, -0.1) is 0 Å². The average molecular weight is 325 g/mol. The van der Waals surface area contributed by atoms with Crippen LogP contribution in [0.3, 0.4) is 0 Å². The molecule has 0 aromatic carbocycles. The molecule has 124 valence electrons. The maximum absolute atomic E-state index is 8.54. The zero-order valence-corrected chi connectivity index (χ0v) is 13.7. The number of aromatic amines is 1. The zero-order chi connectivity index (χ0) is 17.3. The Labute approximate surface area is 139 Å². The lowest BCUT2D eigenvalue weighted by Crippen LogP contribution is -2.18. The molecule has 0 unspecified atom stereocenters. The predicted octanol–water partition coefficient (Wildman–Crippen LogP) is 2.18. The van der Waals surface area contributed by atoms with E-state index in [1.54, 1.807) is 19.2 Å². The molecule has 0 aliphatic heterocycles. The van der Waals surface area contributed by atoms with Crippen LogP contribution in [0.25, 0.3) is 11.0 Å². The Bertz CT molecular complexity index is 901. The lowest BCUT2D eigenvalue weighted by atomic mass is 10.1. The summed E-state index contributed by atoms with van der Waals surface area (Å²) in [6.07, 6.45) is 1.38. The van der Waals surface area contributed by atoms with E-state index in [0.717, 1.165) is 5.52 Å². The maximum atomic E-state index is 8.54. The number of nitrogens with one attached hydrogen (secondary N) is 3. The molecule has 0 aliphatic rings. The number of H-pyrrole nitrogens is 1. The molecule has 3 rings (SSSR count). The van der Waals surface area contributed by atoms with Gasteiger partial charge >= 0.3 is 0 Å². The zero-order valence-electron chi connectivity index (χ0n) is 13.7. The standard InChI is InChI=1S/C16H19N7O/c1-8(2)21-16-13(15(18)19-7-20-16)14(17)11-6-10-9(22-11)4-5-12(23-10)24-3/h4-8,17,22H,1-3H3,(H3,18,19,20,21). The number of fused-ring (bicyclic) bond motifs is 1. The van der Waals surface area contributed by atoms with Crippen molar-refractivity contribution in [3.63, 3.8) is 0 Å². The smallest absolute Gasteiger partial charge is 0.213 e. The van der Waals surface area contributed by atoms with E-state index in [9.17, 15) is 0 Å². The molecule has 0 saturated carbocycles. The molecule has 5 N–H and O–H groups in total. The highest BCUT2D eigenvalue weighted by atomic mass is 16.5. The number of anilines is 2. The molecule has 0 spiro atoms. The number of nitrogen functional groups attached to an aromatic ring is 1. The van der Waals surface area contributed by atoms with E-state index in [0.29, 0.717) is 28.5 Å². The minimum Gasteiger partial charge on any atom is -0.481 e. The van der Waals surface area contributed by atoms with Crippen LogP contribution in [0.15, 0.2) is 24.5 Å². The Morgan fingerprint density at radius 3 is 2.83 bits per heavy atom. The first kappa shape index (κ1) is 15.7. The van der Waals surface area contributed by atoms with E-state index >= 15 is 0 Å². The quantitative estimate of drug-likeness (QED) is 0.533. The number of hydrogen-bond donors (Lipinski definition) is 4. The summed E-state index contributed by atoms with van der Waals surface area (Å²) < 4.78 is 5.13. The van der Waals surface area contributed by atoms with Crippen molar-refractivity contribution in [1.82, 2.24) is 19.9 Å². The highest BCUT2D eigenvalue weighted by Crippen LogP contribution is 2.24. The molecular weight excluding hydrogens is 306 g/mol. The number of ether oxygens (including phenoxy) is 1. The minimum atomic E-state index is 0.152. The van der Waals surface area contributed by atoms with Crippen LogP contribution in [-0.2, 0) is 0 Å². The van der Waals surface area contributed by atoms with E-state index in [-0.39, 0.29) is 17.6 Å². The summed E-state index contributed by atoms with van der Waals surface area (Å²) in [5, 5.41) is 11.7. The van der Waals surface area contributed by atoms with Crippen LogP contribution in [0, 0.1) is 5.41 Å². The number of pyridine rings is 1. The van der Waals surface area contributed by atoms with Crippen LogP contribution in [0.2, 0.25) is 0 Å². The monoisotopic (exact) mass is 325 g/mol. The first-order valence-corrected chi connectivity index (χ1v) is 7.49. The van der Waals surface area contributed by atoms with Crippen molar-refractivity contribution in [2.75, 3.05) is 18.2 Å². The topological polar surface area (TPSA) is 126 Å². The largest absolute Gasteiger partial charge is 0.481 e. The molecule has 0 fully saturated rings. The number of nitrogens with zero attached hydrogens (tertiary/aromatic N) is 3. The van der Waals surface area contributed by atoms with Crippen molar-refractivity contribution in [1.29, 1.82) is 5.41 Å². The van der Waals surface area contributed by atoms with Gasteiger partial charge < -0.3 is 20.8 Å². The summed E-state index contributed by atoms with van der Waals surface area (Å²) in [6, 6.07) is 5.55. The van der Waals surface area contributed by atoms with Gasteiger partial charge in [-0.2, -0.15) is 0 Å². The molecule has 0 bridgehead atoms. The second kappa shape index (κ2) is 6.15. The fourth-order valence-corrected chi connectivity index (χ4v) is 2.40. The van der Waals surface area contributed by atoms with Crippen LogP contribution in [0.5, 0.6) is 5.88 Å². The number of rotatable bonds is 5. The third-order valence-corrected chi connectivity index (χ3v) is 3.48. The molecule has 0 saturated heterocycles. The van der Waals surface area contributed by atoms with Gasteiger partial charge in [0.15, 0.2) is 0 Å². The summed E-state index contributed by atoms with van der Waals surface area (Å²) in [4.78, 5) is 15.8. The molecular formula is C16H19N7O. The van der Waals surface area contributed by atoms with Gasteiger partial charge in [-0.3, -0.25) is 5.41 Å². The van der Waals surface area contributed by atoms with Gasteiger partial charge in [0, 0.05) is 12.1 Å². The fraction of sp³-hybridized carbons (Fsp3) is 0.250. The van der Waals surface area contributed by atoms with Crippen LogP contribution in [-0.4, -0.2) is 38.8 Å². The molecule has 0 radical (unpaired) electrons. The molecule has 3 aromatic rings. The van der Waals surface area contributed by atoms with E-state index in [4.69, 9.17) is 15.9 Å². The minimum absolute atomic E-state index is 0.152. The first-order chi connectivity index (χ1) is 11.5. The van der Waals surface area contributed by atoms with Crippen LogP contribution >= 0.6 is 0 Å². The summed E-state index contributed by atoms with van der Waals surface area (Å²) in [5.41, 5.74) is 8.76. The van der Waals surface area contributed by atoms with Crippen molar-refractivity contribution >= 4 is 28.4 Å². The van der Waals surface area contributed by atoms with Gasteiger partial charge in [0.05, 0.1) is 35.1 Å². The normalized spacial score (nSPS) is 11.0. The third kappa shape index (κ3) is 2.85. The van der Waals surface area contributed by atoms with Gasteiger partial charge in [-0.25, -0.2) is 15.0 Å². The van der Waals surface area contributed by atoms with Gasteiger partial charge in [0.25, 0.3) is 0 Å².